The van der Waals surface area contributed by atoms with Gasteiger partial charge >= 0.3 is 0 Å². The Morgan fingerprint density at radius 2 is 2.20 bits per heavy atom. The number of nitrogens with one attached hydrogen (secondary N) is 2. The zero-order valence-corrected chi connectivity index (χ0v) is 14.6. The lowest BCUT2D eigenvalue weighted by atomic mass is 9.86. The summed E-state index contributed by atoms with van der Waals surface area (Å²) in [4.78, 5) is 20.8. The number of furan rings is 1. The van der Waals surface area contributed by atoms with Gasteiger partial charge in [-0.3, -0.25) is 4.79 Å². The van der Waals surface area contributed by atoms with E-state index in [1.807, 2.05) is 44.2 Å². The Hall–Kier alpha value is -2.56. The predicted octanol–water partition coefficient (Wildman–Crippen LogP) is 3.92. The van der Waals surface area contributed by atoms with Crippen molar-refractivity contribution in [3.63, 3.8) is 0 Å². The third kappa shape index (κ3) is 3.06. The Bertz CT molecular complexity index is 873. The molecule has 1 unspecified atom stereocenters. The standard InChI is InChI=1S/C20H23N3O2/c1-20(2,12-18-21-15-6-3-4-7-16(15)22-18)19(24)23-14-8-5-9-17-13(14)10-11-25-17/h3-4,6-7,10-11,14H,5,8-9,12H2,1-2H3,(H,21,22)(H,23,24). The Kier molecular flexibility index (Phi) is 3.86. The predicted molar refractivity (Wildman–Crippen MR) is 96.1 cm³/mol. The summed E-state index contributed by atoms with van der Waals surface area (Å²) in [6.45, 7) is 3.93. The van der Waals surface area contributed by atoms with Crippen LogP contribution in [0.5, 0.6) is 0 Å². The number of aromatic amines is 1. The number of amides is 1. The maximum absolute atomic E-state index is 12.9. The summed E-state index contributed by atoms with van der Waals surface area (Å²) in [5.41, 5.74) is 2.52. The Balaban J connectivity index is 1.49. The van der Waals surface area contributed by atoms with Gasteiger partial charge in [0.1, 0.15) is 11.6 Å². The number of para-hydroxylation sites is 2. The Labute approximate surface area is 146 Å². The summed E-state index contributed by atoms with van der Waals surface area (Å²) in [7, 11) is 0. The van der Waals surface area contributed by atoms with Crippen LogP contribution in [-0.2, 0) is 17.6 Å². The summed E-state index contributed by atoms with van der Waals surface area (Å²) in [5, 5.41) is 3.21. The molecule has 0 saturated heterocycles. The van der Waals surface area contributed by atoms with E-state index in [1.54, 1.807) is 6.26 Å². The maximum Gasteiger partial charge on any atom is 0.226 e. The summed E-state index contributed by atoms with van der Waals surface area (Å²) in [6.07, 6.45) is 5.23. The van der Waals surface area contributed by atoms with Gasteiger partial charge < -0.3 is 14.7 Å². The first kappa shape index (κ1) is 15.9. The van der Waals surface area contributed by atoms with Gasteiger partial charge in [-0.15, -0.1) is 0 Å². The normalized spacial score (nSPS) is 17.4. The maximum atomic E-state index is 12.9. The zero-order valence-electron chi connectivity index (χ0n) is 14.6. The van der Waals surface area contributed by atoms with E-state index in [0.29, 0.717) is 6.42 Å². The number of fused-ring (bicyclic) bond motifs is 2. The third-order valence-corrected chi connectivity index (χ3v) is 5.02. The van der Waals surface area contributed by atoms with Gasteiger partial charge in [-0.2, -0.15) is 0 Å². The number of carbonyl (C=O) groups excluding carboxylic acids is 1. The van der Waals surface area contributed by atoms with Crippen molar-refractivity contribution in [3.05, 3.63) is 53.7 Å². The van der Waals surface area contributed by atoms with Crippen molar-refractivity contribution in [2.75, 3.05) is 0 Å². The van der Waals surface area contributed by atoms with E-state index >= 15 is 0 Å². The molecule has 0 saturated carbocycles. The van der Waals surface area contributed by atoms with E-state index < -0.39 is 5.41 Å². The van der Waals surface area contributed by atoms with Crippen molar-refractivity contribution < 1.29 is 9.21 Å². The highest BCUT2D eigenvalue weighted by atomic mass is 16.3. The van der Waals surface area contributed by atoms with E-state index in [9.17, 15) is 4.79 Å². The molecule has 1 aliphatic carbocycles. The number of rotatable bonds is 4. The molecule has 130 valence electrons. The summed E-state index contributed by atoms with van der Waals surface area (Å²) >= 11 is 0. The van der Waals surface area contributed by atoms with E-state index in [-0.39, 0.29) is 11.9 Å². The van der Waals surface area contributed by atoms with Crippen LogP contribution in [-0.4, -0.2) is 15.9 Å². The Morgan fingerprint density at radius 3 is 3.04 bits per heavy atom. The second-order valence-electron chi connectivity index (χ2n) is 7.48. The van der Waals surface area contributed by atoms with Crippen LogP contribution in [0.15, 0.2) is 41.0 Å². The lowest BCUT2D eigenvalue weighted by Crippen LogP contribution is -2.41. The van der Waals surface area contributed by atoms with Gasteiger partial charge in [0, 0.05) is 18.4 Å². The molecule has 1 atom stereocenters. The number of hydrogen-bond acceptors (Lipinski definition) is 3. The first-order valence-corrected chi connectivity index (χ1v) is 8.84. The fourth-order valence-electron chi connectivity index (χ4n) is 3.58. The molecule has 0 fully saturated rings. The molecule has 0 spiro atoms. The van der Waals surface area contributed by atoms with Crippen LogP contribution in [0.3, 0.4) is 0 Å². The molecule has 1 amide bonds. The van der Waals surface area contributed by atoms with Gasteiger partial charge in [0.15, 0.2) is 0 Å². The molecule has 2 heterocycles. The second-order valence-corrected chi connectivity index (χ2v) is 7.48. The van der Waals surface area contributed by atoms with Crippen LogP contribution in [0.25, 0.3) is 11.0 Å². The van der Waals surface area contributed by atoms with Crippen molar-refractivity contribution in [1.29, 1.82) is 0 Å². The van der Waals surface area contributed by atoms with Crippen molar-refractivity contribution in [3.8, 4) is 0 Å². The molecule has 0 radical (unpaired) electrons. The lowest BCUT2D eigenvalue weighted by Gasteiger charge is -2.28. The van der Waals surface area contributed by atoms with Gasteiger partial charge in [-0.25, -0.2) is 4.98 Å². The molecule has 1 aromatic carbocycles. The molecule has 0 bridgehead atoms. The SMILES string of the molecule is CC(C)(Cc1nc2ccccc2[nH]1)C(=O)NC1CCCc2occc21. The van der Waals surface area contributed by atoms with Gasteiger partial charge in [-0.1, -0.05) is 26.0 Å². The number of H-pyrrole nitrogens is 1. The monoisotopic (exact) mass is 337 g/mol. The number of carbonyl (C=O) groups is 1. The molecular formula is C20H23N3O2. The molecule has 5 heteroatoms. The minimum Gasteiger partial charge on any atom is -0.469 e. The molecular weight excluding hydrogens is 314 g/mol. The minimum atomic E-state index is -0.546. The molecule has 5 nitrogen and oxygen atoms in total. The number of imidazole rings is 1. The molecule has 2 N–H and O–H groups in total. The van der Waals surface area contributed by atoms with E-state index in [1.165, 1.54) is 0 Å². The molecule has 2 aromatic heterocycles. The summed E-state index contributed by atoms with van der Waals surface area (Å²) in [6, 6.07) is 9.95. The molecule has 0 aliphatic heterocycles. The number of nitrogens with zero attached hydrogens (tertiary/aromatic N) is 1. The van der Waals surface area contributed by atoms with E-state index in [0.717, 1.165) is 47.4 Å². The van der Waals surface area contributed by atoms with Crippen molar-refractivity contribution >= 4 is 16.9 Å². The Morgan fingerprint density at radius 1 is 1.36 bits per heavy atom. The molecule has 1 aliphatic rings. The first-order chi connectivity index (χ1) is 12.0. The number of aromatic nitrogens is 2. The lowest BCUT2D eigenvalue weighted by molar-refractivity contribution is -0.130. The van der Waals surface area contributed by atoms with Crippen LogP contribution >= 0.6 is 0 Å². The zero-order chi connectivity index (χ0) is 17.4. The van der Waals surface area contributed by atoms with E-state index in [4.69, 9.17) is 4.42 Å². The van der Waals surface area contributed by atoms with Gasteiger partial charge in [0.25, 0.3) is 0 Å². The van der Waals surface area contributed by atoms with E-state index in [2.05, 4.69) is 15.3 Å². The average Bonchev–Trinajstić information content (AvgIpc) is 3.20. The van der Waals surface area contributed by atoms with Crippen LogP contribution in [0, 0.1) is 5.41 Å². The largest absolute Gasteiger partial charge is 0.469 e. The molecule has 4 rings (SSSR count). The summed E-state index contributed by atoms with van der Waals surface area (Å²) < 4.78 is 5.52. The highest BCUT2D eigenvalue weighted by Crippen LogP contribution is 2.32. The van der Waals surface area contributed by atoms with Crippen LogP contribution in [0.4, 0.5) is 0 Å². The van der Waals surface area contributed by atoms with Gasteiger partial charge in [0.2, 0.25) is 5.91 Å². The number of aryl methyl sites for hydroxylation is 1. The fourth-order valence-corrected chi connectivity index (χ4v) is 3.58. The highest BCUT2D eigenvalue weighted by molar-refractivity contribution is 5.83. The highest BCUT2D eigenvalue weighted by Gasteiger charge is 2.33. The second kappa shape index (κ2) is 6.06. The average molecular weight is 337 g/mol. The third-order valence-electron chi connectivity index (χ3n) is 5.02. The van der Waals surface area contributed by atoms with Gasteiger partial charge in [0.05, 0.1) is 28.8 Å². The molecule has 25 heavy (non-hydrogen) atoms. The fraction of sp³-hybridized carbons (Fsp3) is 0.400. The van der Waals surface area contributed by atoms with Crippen molar-refractivity contribution in [1.82, 2.24) is 15.3 Å². The van der Waals surface area contributed by atoms with Crippen LogP contribution in [0.2, 0.25) is 0 Å². The van der Waals surface area contributed by atoms with Crippen LogP contribution in [0.1, 0.15) is 49.9 Å². The number of benzene rings is 1. The van der Waals surface area contributed by atoms with Gasteiger partial charge in [-0.05, 0) is 31.0 Å². The quantitative estimate of drug-likeness (QED) is 0.758. The molecule has 3 aromatic rings. The number of hydrogen-bond donors (Lipinski definition) is 2. The smallest absolute Gasteiger partial charge is 0.226 e. The minimum absolute atomic E-state index is 0.0462. The first-order valence-electron chi connectivity index (χ1n) is 8.84. The van der Waals surface area contributed by atoms with Crippen molar-refractivity contribution in [2.45, 2.75) is 45.6 Å². The summed E-state index contributed by atoms with van der Waals surface area (Å²) in [5.74, 6) is 1.90. The topological polar surface area (TPSA) is 70.9 Å². The van der Waals surface area contributed by atoms with Crippen molar-refractivity contribution in [2.24, 2.45) is 5.41 Å². The van der Waals surface area contributed by atoms with Crippen LogP contribution < -0.4 is 5.32 Å².